The number of methoxy groups -OCH3 is 1. The Labute approximate surface area is 122 Å². The molecule has 0 spiro atoms. The summed E-state index contributed by atoms with van der Waals surface area (Å²) in [5, 5.41) is 0. The molecule has 2 aliphatic rings. The van der Waals surface area contributed by atoms with Crippen molar-refractivity contribution in [1.82, 2.24) is 0 Å². The number of rotatable bonds is 4. The molecule has 0 atom stereocenters. The van der Waals surface area contributed by atoms with E-state index >= 15 is 0 Å². The smallest absolute Gasteiger partial charge is 0.166 e. The van der Waals surface area contributed by atoms with Gasteiger partial charge in [0.05, 0.1) is 13.2 Å². The van der Waals surface area contributed by atoms with E-state index in [9.17, 15) is 0 Å². The summed E-state index contributed by atoms with van der Waals surface area (Å²) in [4.78, 5) is 0. The number of hydrogen-bond donors (Lipinski definition) is 1. The molecule has 19 heavy (non-hydrogen) atoms. The van der Waals surface area contributed by atoms with Gasteiger partial charge in [-0.2, -0.15) is 0 Å². The van der Waals surface area contributed by atoms with Crippen molar-refractivity contribution >= 4 is 15.9 Å². The van der Waals surface area contributed by atoms with Crippen LogP contribution in [0.1, 0.15) is 44.1 Å². The number of benzene rings is 1. The minimum Gasteiger partial charge on any atom is -0.493 e. The van der Waals surface area contributed by atoms with Gasteiger partial charge in [0.15, 0.2) is 11.5 Å². The van der Waals surface area contributed by atoms with Gasteiger partial charge in [-0.1, -0.05) is 28.8 Å². The summed E-state index contributed by atoms with van der Waals surface area (Å²) < 4.78 is 12.6. The van der Waals surface area contributed by atoms with E-state index in [-0.39, 0.29) is 5.54 Å². The molecule has 0 unspecified atom stereocenters. The van der Waals surface area contributed by atoms with Crippen molar-refractivity contribution in [2.24, 2.45) is 5.73 Å². The molecule has 0 radical (unpaired) electrons. The van der Waals surface area contributed by atoms with Crippen molar-refractivity contribution in [3.63, 3.8) is 0 Å². The maximum Gasteiger partial charge on any atom is 0.166 e. The number of ether oxygens (including phenoxy) is 2. The average Bonchev–Trinajstić information content (AvgIpc) is 3.10. The van der Waals surface area contributed by atoms with Crippen LogP contribution in [0.4, 0.5) is 0 Å². The molecular weight excluding hydrogens is 306 g/mol. The minimum atomic E-state index is -0.263. The molecule has 104 valence electrons. The van der Waals surface area contributed by atoms with Gasteiger partial charge >= 0.3 is 0 Å². The highest BCUT2D eigenvalue weighted by Gasteiger charge is 2.37. The maximum absolute atomic E-state index is 6.61. The lowest BCUT2D eigenvalue weighted by molar-refractivity contribution is 0.270. The van der Waals surface area contributed by atoms with Gasteiger partial charge in [0.25, 0.3) is 0 Å². The van der Waals surface area contributed by atoms with Crippen LogP contribution in [0.5, 0.6) is 11.5 Å². The number of halogens is 1. The highest BCUT2D eigenvalue weighted by molar-refractivity contribution is 9.10. The number of nitrogens with two attached hydrogens (primary N) is 1. The van der Waals surface area contributed by atoms with Crippen molar-refractivity contribution in [1.29, 1.82) is 0 Å². The lowest BCUT2D eigenvalue weighted by Gasteiger charge is -2.28. The molecular formula is C15H20BrNO2. The molecule has 2 fully saturated rings. The first kappa shape index (κ1) is 13.3. The largest absolute Gasteiger partial charge is 0.493 e. The second-order valence-electron chi connectivity index (χ2n) is 5.67. The molecule has 4 heteroatoms. The van der Waals surface area contributed by atoms with Crippen molar-refractivity contribution in [2.75, 3.05) is 7.11 Å². The molecule has 0 saturated heterocycles. The summed E-state index contributed by atoms with van der Waals surface area (Å²) in [6, 6.07) is 4.06. The molecule has 2 aliphatic carbocycles. The summed E-state index contributed by atoms with van der Waals surface area (Å²) in [5.41, 5.74) is 7.45. The van der Waals surface area contributed by atoms with Crippen LogP contribution in [0.3, 0.4) is 0 Å². The topological polar surface area (TPSA) is 44.5 Å². The Morgan fingerprint density at radius 3 is 2.53 bits per heavy atom. The second kappa shape index (κ2) is 4.98. The highest BCUT2D eigenvalue weighted by atomic mass is 79.9. The lowest BCUT2D eigenvalue weighted by atomic mass is 9.88. The predicted octanol–water partition coefficient (Wildman–Crippen LogP) is 3.73. The number of hydrogen-bond acceptors (Lipinski definition) is 3. The van der Waals surface area contributed by atoms with Gasteiger partial charge in [-0.15, -0.1) is 0 Å². The maximum atomic E-state index is 6.61. The lowest BCUT2D eigenvalue weighted by Crippen LogP contribution is -2.33. The van der Waals surface area contributed by atoms with Gasteiger partial charge in [-0.3, -0.25) is 0 Å². The molecule has 3 nitrogen and oxygen atoms in total. The molecule has 0 amide bonds. The molecule has 1 aromatic rings. The van der Waals surface area contributed by atoms with Gasteiger partial charge < -0.3 is 15.2 Å². The van der Waals surface area contributed by atoms with Gasteiger partial charge in [-0.05, 0) is 37.8 Å². The molecule has 0 heterocycles. The van der Waals surface area contributed by atoms with Gasteiger partial charge in [0, 0.05) is 15.6 Å². The Morgan fingerprint density at radius 2 is 1.95 bits per heavy atom. The molecule has 0 aromatic heterocycles. The predicted molar refractivity (Wildman–Crippen MR) is 78.7 cm³/mol. The van der Waals surface area contributed by atoms with Crippen LogP contribution < -0.4 is 15.2 Å². The van der Waals surface area contributed by atoms with E-state index in [2.05, 4.69) is 22.0 Å². The first-order valence-corrected chi connectivity index (χ1v) is 7.75. The highest BCUT2D eigenvalue weighted by Crippen LogP contribution is 2.47. The third-order valence-electron chi connectivity index (χ3n) is 4.08. The Bertz CT molecular complexity index is 479. The van der Waals surface area contributed by atoms with Gasteiger partial charge in [-0.25, -0.2) is 0 Å². The van der Waals surface area contributed by atoms with E-state index in [1.54, 1.807) is 7.11 Å². The average molecular weight is 326 g/mol. The Morgan fingerprint density at radius 1 is 1.26 bits per heavy atom. The third kappa shape index (κ3) is 2.61. The van der Waals surface area contributed by atoms with E-state index in [4.69, 9.17) is 15.2 Å². The Balaban J connectivity index is 2.06. The van der Waals surface area contributed by atoms with E-state index < -0.39 is 0 Å². The zero-order valence-electron chi connectivity index (χ0n) is 11.2. The third-order valence-corrected chi connectivity index (χ3v) is 4.54. The SMILES string of the molecule is COc1cc(Br)cc(C2(N)CCCC2)c1OC1CC1. The van der Waals surface area contributed by atoms with Crippen LogP contribution >= 0.6 is 15.9 Å². The second-order valence-corrected chi connectivity index (χ2v) is 6.58. The molecule has 2 N–H and O–H groups in total. The van der Waals surface area contributed by atoms with E-state index in [0.717, 1.165) is 47.2 Å². The van der Waals surface area contributed by atoms with Crippen LogP contribution in [-0.2, 0) is 5.54 Å². The molecule has 1 aromatic carbocycles. The van der Waals surface area contributed by atoms with Crippen molar-refractivity contribution < 1.29 is 9.47 Å². The van der Waals surface area contributed by atoms with Gasteiger partial charge in [0.2, 0.25) is 0 Å². The fraction of sp³-hybridized carbons (Fsp3) is 0.600. The van der Waals surface area contributed by atoms with Crippen molar-refractivity contribution in [3.05, 3.63) is 22.2 Å². The molecule has 0 bridgehead atoms. The van der Waals surface area contributed by atoms with Crippen LogP contribution in [0.15, 0.2) is 16.6 Å². The molecule has 0 aliphatic heterocycles. The summed E-state index contributed by atoms with van der Waals surface area (Å²) in [5.74, 6) is 1.64. The van der Waals surface area contributed by atoms with Crippen LogP contribution in [-0.4, -0.2) is 13.2 Å². The quantitative estimate of drug-likeness (QED) is 0.917. The van der Waals surface area contributed by atoms with Crippen molar-refractivity contribution in [2.45, 2.75) is 50.2 Å². The summed E-state index contributed by atoms with van der Waals surface area (Å²) in [6.07, 6.45) is 7.04. The minimum absolute atomic E-state index is 0.263. The fourth-order valence-corrected chi connectivity index (χ4v) is 3.28. The standard InChI is InChI=1S/C15H20BrNO2/c1-18-13-9-10(16)8-12(14(13)19-11-4-5-11)15(17)6-2-3-7-15/h8-9,11H,2-7,17H2,1H3. The van der Waals surface area contributed by atoms with E-state index in [0.29, 0.717) is 6.10 Å². The van der Waals surface area contributed by atoms with E-state index in [1.165, 1.54) is 12.8 Å². The van der Waals surface area contributed by atoms with Crippen molar-refractivity contribution in [3.8, 4) is 11.5 Å². The fourth-order valence-electron chi connectivity index (χ4n) is 2.84. The Kier molecular flexibility index (Phi) is 3.48. The first-order chi connectivity index (χ1) is 9.12. The van der Waals surface area contributed by atoms with E-state index in [1.807, 2.05) is 6.07 Å². The summed E-state index contributed by atoms with van der Waals surface area (Å²) in [6.45, 7) is 0. The normalized spacial score (nSPS) is 21.4. The molecule has 3 rings (SSSR count). The van der Waals surface area contributed by atoms with Crippen LogP contribution in [0.25, 0.3) is 0 Å². The zero-order chi connectivity index (χ0) is 13.5. The van der Waals surface area contributed by atoms with Gasteiger partial charge in [0.1, 0.15) is 0 Å². The molecule has 2 saturated carbocycles. The summed E-state index contributed by atoms with van der Waals surface area (Å²) in [7, 11) is 1.68. The first-order valence-electron chi connectivity index (χ1n) is 6.96. The van der Waals surface area contributed by atoms with Crippen LogP contribution in [0, 0.1) is 0 Å². The van der Waals surface area contributed by atoms with Crippen LogP contribution in [0.2, 0.25) is 0 Å². The monoisotopic (exact) mass is 325 g/mol. The Hall–Kier alpha value is -0.740. The zero-order valence-corrected chi connectivity index (χ0v) is 12.8. The summed E-state index contributed by atoms with van der Waals surface area (Å²) >= 11 is 3.55.